The number of methoxy groups -OCH3 is 1. The van der Waals surface area contributed by atoms with Crippen molar-refractivity contribution in [2.75, 3.05) is 26.9 Å². The molecule has 31 heavy (non-hydrogen) atoms. The molecule has 0 saturated carbocycles. The zero-order chi connectivity index (χ0) is 22.4. The third-order valence-electron chi connectivity index (χ3n) is 5.74. The summed E-state index contributed by atoms with van der Waals surface area (Å²) in [6.07, 6.45) is -7.26. The van der Waals surface area contributed by atoms with Crippen LogP contribution in [0.15, 0.2) is 0 Å². The second-order valence-corrected chi connectivity index (χ2v) is 8.21. The Labute approximate surface area is 178 Å². The molecule has 0 aromatic heterocycles. The van der Waals surface area contributed by atoms with Crippen LogP contribution in [-0.4, -0.2) is 114 Å². The topological polar surface area (TPSA) is 192 Å². The van der Waals surface area contributed by atoms with Crippen LogP contribution in [0.2, 0.25) is 0 Å². The van der Waals surface area contributed by atoms with Crippen LogP contribution in [0.25, 0.3) is 0 Å². The summed E-state index contributed by atoms with van der Waals surface area (Å²) in [6.45, 7) is 2.40. The molecule has 0 spiro atoms. The van der Waals surface area contributed by atoms with E-state index in [2.05, 4.69) is 10.6 Å². The summed E-state index contributed by atoms with van der Waals surface area (Å²) in [5, 5.41) is 47.1. The Balaban J connectivity index is 1.52. The minimum atomic E-state index is -1.19. The molecule has 0 aromatic carbocycles. The van der Waals surface area contributed by atoms with E-state index in [1.165, 1.54) is 7.11 Å². The fourth-order valence-corrected chi connectivity index (χ4v) is 3.96. The van der Waals surface area contributed by atoms with Crippen molar-refractivity contribution in [2.24, 2.45) is 0 Å². The van der Waals surface area contributed by atoms with Gasteiger partial charge in [-0.1, -0.05) is 0 Å². The summed E-state index contributed by atoms with van der Waals surface area (Å²) in [5.41, 5.74) is 0. The molecule has 4 heterocycles. The van der Waals surface area contributed by atoms with Crippen molar-refractivity contribution in [1.29, 1.82) is 0 Å². The Kier molecular flexibility index (Phi) is 6.85. The van der Waals surface area contributed by atoms with Crippen LogP contribution < -0.4 is 10.6 Å². The highest BCUT2D eigenvalue weighted by Crippen LogP contribution is 2.33. The zero-order valence-corrected chi connectivity index (χ0v) is 17.4. The van der Waals surface area contributed by atoms with Gasteiger partial charge in [0.05, 0.1) is 31.9 Å². The fourth-order valence-electron chi connectivity index (χ4n) is 3.96. The van der Waals surface area contributed by atoms with Gasteiger partial charge in [0, 0.05) is 21.0 Å². The van der Waals surface area contributed by atoms with E-state index in [1.807, 2.05) is 0 Å². The zero-order valence-electron chi connectivity index (χ0n) is 17.4. The fraction of sp³-hybridized carbons (Fsp3) is 1.00. The predicted octanol–water partition coefficient (Wildman–Crippen LogP) is -3.60. The van der Waals surface area contributed by atoms with Gasteiger partial charge in [0.2, 0.25) is 0 Å². The number of aliphatic hydroxyl groups excluding tert-OH is 4. The average molecular weight is 454 g/mol. The standard InChI is InChI=1S/C17H30N2O12/c1-16(28-29-16)18-7-6-25-8(4-20)14(11(7)22)27-15-10(19-17(2)30-31-17)12(23)13(24-3)9(5-21)26-15/h7-15,18-23H,4-6H2,1-3H3. The maximum atomic E-state index is 10.9. The third kappa shape index (κ3) is 5.02. The molecule has 14 nitrogen and oxygen atoms in total. The molecule has 0 aliphatic carbocycles. The summed E-state index contributed by atoms with van der Waals surface area (Å²) in [7, 11) is 1.38. The van der Waals surface area contributed by atoms with Crippen LogP contribution in [0.4, 0.5) is 0 Å². The van der Waals surface area contributed by atoms with E-state index in [0.29, 0.717) is 0 Å². The first-order valence-corrected chi connectivity index (χ1v) is 10.0. The van der Waals surface area contributed by atoms with Gasteiger partial charge in [0.15, 0.2) is 6.29 Å². The lowest BCUT2D eigenvalue weighted by molar-refractivity contribution is -0.314. The van der Waals surface area contributed by atoms with Crippen molar-refractivity contribution in [3.05, 3.63) is 0 Å². The molecule has 180 valence electrons. The monoisotopic (exact) mass is 454 g/mol. The molecule has 4 aliphatic rings. The highest BCUT2D eigenvalue weighted by atomic mass is 17.4. The molecule has 9 unspecified atom stereocenters. The molecule has 0 bridgehead atoms. The maximum absolute atomic E-state index is 10.9. The van der Waals surface area contributed by atoms with E-state index in [-0.39, 0.29) is 6.61 Å². The van der Waals surface area contributed by atoms with Gasteiger partial charge in [0.1, 0.15) is 36.6 Å². The average Bonchev–Trinajstić information content (AvgIpc) is 3.66. The van der Waals surface area contributed by atoms with Crippen molar-refractivity contribution in [3.8, 4) is 0 Å². The summed E-state index contributed by atoms with van der Waals surface area (Å²) < 4.78 is 22.8. The minimum absolute atomic E-state index is 0.0646. The highest BCUT2D eigenvalue weighted by molar-refractivity contribution is 4.99. The Morgan fingerprint density at radius 3 is 2.06 bits per heavy atom. The molecule has 6 N–H and O–H groups in total. The molecule has 14 heteroatoms. The number of hydrogen-bond donors (Lipinski definition) is 6. The van der Waals surface area contributed by atoms with Gasteiger partial charge in [-0.3, -0.25) is 10.6 Å². The Morgan fingerprint density at radius 1 is 0.903 bits per heavy atom. The molecule has 4 rings (SSSR count). The van der Waals surface area contributed by atoms with Crippen molar-refractivity contribution in [2.45, 2.75) is 80.7 Å². The predicted molar refractivity (Wildman–Crippen MR) is 95.3 cm³/mol. The SMILES string of the molecule is COC1C(CO)OC(OC2C(CO)OCC(NC3(C)OO3)C2O)C(NC2(C)OO2)C1O. The van der Waals surface area contributed by atoms with E-state index < -0.39 is 80.0 Å². The number of hydrogen-bond acceptors (Lipinski definition) is 14. The molecule has 4 aliphatic heterocycles. The van der Waals surface area contributed by atoms with Crippen molar-refractivity contribution >= 4 is 0 Å². The molecular formula is C17H30N2O12. The van der Waals surface area contributed by atoms with Crippen LogP contribution in [0.1, 0.15) is 13.8 Å². The van der Waals surface area contributed by atoms with Gasteiger partial charge in [-0.05, 0) is 0 Å². The molecule has 9 atom stereocenters. The molecular weight excluding hydrogens is 424 g/mol. The summed E-state index contributed by atoms with van der Waals surface area (Å²) in [4.78, 5) is 19.4. The summed E-state index contributed by atoms with van der Waals surface area (Å²) in [5.74, 6) is -2.21. The summed E-state index contributed by atoms with van der Waals surface area (Å²) in [6, 6.07) is -1.58. The summed E-state index contributed by atoms with van der Waals surface area (Å²) >= 11 is 0. The van der Waals surface area contributed by atoms with Crippen LogP contribution in [-0.2, 0) is 38.5 Å². The molecule has 4 saturated heterocycles. The lowest BCUT2D eigenvalue weighted by Gasteiger charge is -2.47. The van der Waals surface area contributed by atoms with Crippen molar-refractivity contribution < 1.29 is 58.9 Å². The number of nitrogens with one attached hydrogen (secondary N) is 2. The first-order chi connectivity index (χ1) is 14.7. The van der Waals surface area contributed by atoms with Crippen LogP contribution in [0.5, 0.6) is 0 Å². The Morgan fingerprint density at radius 2 is 1.52 bits per heavy atom. The van der Waals surface area contributed by atoms with Gasteiger partial charge >= 0.3 is 0 Å². The van der Waals surface area contributed by atoms with E-state index in [1.54, 1.807) is 13.8 Å². The van der Waals surface area contributed by atoms with Crippen LogP contribution >= 0.6 is 0 Å². The quantitative estimate of drug-likeness (QED) is 0.148. The smallest absolute Gasteiger partial charge is 0.285 e. The normalized spacial score (nSPS) is 46.0. The molecule has 0 aromatic rings. The van der Waals surface area contributed by atoms with E-state index >= 15 is 0 Å². The maximum Gasteiger partial charge on any atom is 0.285 e. The van der Waals surface area contributed by atoms with Gasteiger partial charge in [-0.15, -0.1) is 0 Å². The second-order valence-electron chi connectivity index (χ2n) is 8.21. The lowest BCUT2D eigenvalue weighted by Crippen LogP contribution is -2.68. The minimum Gasteiger partial charge on any atom is -0.394 e. The van der Waals surface area contributed by atoms with E-state index in [4.69, 9.17) is 38.5 Å². The van der Waals surface area contributed by atoms with Crippen molar-refractivity contribution in [3.63, 3.8) is 0 Å². The van der Waals surface area contributed by atoms with Gasteiger partial charge in [-0.2, -0.15) is 19.6 Å². The van der Waals surface area contributed by atoms with E-state index in [0.717, 1.165) is 0 Å². The highest BCUT2D eigenvalue weighted by Gasteiger charge is 2.55. The van der Waals surface area contributed by atoms with Crippen LogP contribution in [0.3, 0.4) is 0 Å². The molecule has 0 amide bonds. The third-order valence-corrected chi connectivity index (χ3v) is 5.74. The Bertz CT molecular complexity index is 620. The Hall–Kier alpha value is -0.560. The van der Waals surface area contributed by atoms with Crippen molar-refractivity contribution in [1.82, 2.24) is 10.6 Å². The lowest BCUT2D eigenvalue weighted by atomic mass is 9.95. The molecule has 0 radical (unpaired) electrons. The van der Waals surface area contributed by atoms with Gasteiger partial charge < -0.3 is 39.4 Å². The number of aliphatic hydroxyl groups is 4. The van der Waals surface area contributed by atoms with Gasteiger partial charge in [-0.25, -0.2) is 0 Å². The largest absolute Gasteiger partial charge is 0.394 e. The van der Waals surface area contributed by atoms with Gasteiger partial charge in [0.25, 0.3) is 11.8 Å². The number of ether oxygens (including phenoxy) is 4. The van der Waals surface area contributed by atoms with Crippen LogP contribution in [0, 0.1) is 0 Å². The second kappa shape index (κ2) is 9.00. The molecule has 4 fully saturated rings. The first-order valence-electron chi connectivity index (χ1n) is 10.0. The first kappa shape index (κ1) is 23.6. The van der Waals surface area contributed by atoms with E-state index in [9.17, 15) is 20.4 Å². The number of rotatable bonds is 9.